The second kappa shape index (κ2) is 9.92. The summed E-state index contributed by atoms with van der Waals surface area (Å²) in [5.74, 6) is -0.820. The van der Waals surface area contributed by atoms with E-state index in [-0.39, 0.29) is 27.6 Å². The standard InChI is InChI=1S/C19H21BrN2O7S/c1-22(30(25,26)13-7-5-12(20)6-8-13)11-18(23)21-15-10-17(28-3)16(27-2)9-14(15)19(24)29-4/h5-10H,11H2,1-4H3,(H,21,23). The van der Waals surface area contributed by atoms with Gasteiger partial charge in [-0.15, -0.1) is 0 Å². The van der Waals surface area contributed by atoms with Crippen LogP contribution in [0.15, 0.2) is 45.8 Å². The number of nitrogens with zero attached hydrogens (tertiary/aromatic N) is 1. The Morgan fingerprint density at radius 2 is 1.60 bits per heavy atom. The summed E-state index contributed by atoms with van der Waals surface area (Å²) in [4.78, 5) is 24.7. The van der Waals surface area contributed by atoms with E-state index >= 15 is 0 Å². The maximum absolute atomic E-state index is 12.7. The van der Waals surface area contributed by atoms with E-state index in [1.165, 1.54) is 52.6 Å². The summed E-state index contributed by atoms with van der Waals surface area (Å²) in [6, 6.07) is 8.80. The van der Waals surface area contributed by atoms with Crippen LogP contribution < -0.4 is 14.8 Å². The Bertz CT molecular complexity index is 1040. The molecule has 2 aromatic rings. The van der Waals surface area contributed by atoms with Gasteiger partial charge in [0.25, 0.3) is 0 Å². The minimum atomic E-state index is -3.88. The first-order chi connectivity index (χ1) is 14.1. The number of likely N-dealkylation sites (N-methyl/N-ethyl adjacent to an activating group) is 1. The predicted octanol–water partition coefficient (Wildman–Crippen LogP) is 2.51. The maximum Gasteiger partial charge on any atom is 0.340 e. The van der Waals surface area contributed by atoms with Gasteiger partial charge in [0.15, 0.2) is 11.5 Å². The van der Waals surface area contributed by atoms with Gasteiger partial charge < -0.3 is 19.5 Å². The molecule has 0 heterocycles. The molecular formula is C19H21BrN2O7S. The molecule has 162 valence electrons. The molecule has 0 atom stereocenters. The molecule has 0 aliphatic rings. The highest BCUT2D eigenvalue weighted by molar-refractivity contribution is 9.10. The van der Waals surface area contributed by atoms with Gasteiger partial charge in [0.1, 0.15) is 0 Å². The van der Waals surface area contributed by atoms with E-state index in [0.29, 0.717) is 0 Å². The molecule has 0 radical (unpaired) electrons. The van der Waals surface area contributed by atoms with Crippen LogP contribution in [0.2, 0.25) is 0 Å². The van der Waals surface area contributed by atoms with Gasteiger partial charge in [-0.25, -0.2) is 13.2 Å². The van der Waals surface area contributed by atoms with Crippen LogP contribution in [0, 0.1) is 0 Å². The lowest BCUT2D eigenvalue weighted by Gasteiger charge is -2.18. The lowest BCUT2D eigenvalue weighted by molar-refractivity contribution is -0.116. The van der Waals surface area contributed by atoms with Gasteiger partial charge in [0, 0.05) is 23.7 Å². The number of nitrogens with one attached hydrogen (secondary N) is 1. The van der Waals surface area contributed by atoms with Crippen LogP contribution >= 0.6 is 15.9 Å². The molecule has 0 saturated heterocycles. The van der Waals surface area contributed by atoms with Crippen LogP contribution in [-0.4, -0.2) is 59.5 Å². The monoisotopic (exact) mass is 500 g/mol. The van der Waals surface area contributed by atoms with Crippen molar-refractivity contribution in [1.29, 1.82) is 0 Å². The molecule has 0 aliphatic carbocycles. The molecule has 0 saturated carbocycles. The van der Waals surface area contributed by atoms with Crippen molar-refractivity contribution >= 4 is 43.5 Å². The van der Waals surface area contributed by atoms with Crippen LogP contribution in [0.5, 0.6) is 11.5 Å². The summed E-state index contributed by atoms with van der Waals surface area (Å²) < 4.78 is 42.0. The lowest BCUT2D eigenvalue weighted by Crippen LogP contribution is -2.35. The molecule has 1 N–H and O–H groups in total. The summed E-state index contributed by atoms with van der Waals surface area (Å²) in [6.45, 7) is -0.479. The van der Waals surface area contributed by atoms with Crippen LogP contribution in [0.4, 0.5) is 5.69 Å². The van der Waals surface area contributed by atoms with Gasteiger partial charge in [-0.3, -0.25) is 4.79 Å². The number of hydrogen-bond acceptors (Lipinski definition) is 7. The van der Waals surface area contributed by atoms with E-state index in [1.54, 1.807) is 12.1 Å². The molecule has 0 aliphatic heterocycles. The molecule has 2 rings (SSSR count). The van der Waals surface area contributed by atoms with Crippen molar-refractivity contribution < 1.29 is 32.2 Å². The maximum atomic E-state index is 12.7. The molecular weight excluding hydrogens is 480 g/mol. The normalized spacial score (nSPS) is 11.1. The number of rotatable bonds is 8. The summed E-state index contributed by atoms with van der Waals surface area (Å²) >= 11 is 3.24. The number of methoxy groups -OCH3 is 3. The third-order valence-electron chi connectivity index (χ3n) is 4.09. The first-order valence-corrected chi connectivity index (χ1v) is 10.7. The fourth-order valence-corrected chi connectivity index (χ4v) is 3.92. The van der Waals surface area contributed by atoms with Crippen molar-refractivity contribution in [2.45, 2.75) is 4.90 Å². The number of sulfonamides is 1. The minimum absolute atomic E-state index is 0.0296. The molecule has 0 unspecified atom stereocenters. The van der Waals surface area contributed by atoms with Gasteiger partial charge >= 0.3 is 5.97 Å². The minimum Gasteiger partial charge on any atom is -0.493 e. The van der Waals surface area contributed by atoms with Crippen LogP contribution in [-0.2, 0) is 19.6 Å². The number of anilines is 1. The zero-order valence-corrected chi connectivity index (χ0v) is 19.2. The zero-order chi connectivity index (χ0) is 22.5. The summed E-state index contributed by atoms with van der Waals surface area (Å²) in [6.07, 6.45) is 0. The molecule has 1 amide bonds. The van der Waals surface area contributed by atoms with E-state index in [2.05, 4.69) is 21.2 Å². The average Bonchev–Trinajstić information content (AvgIpc) is 2.72. The van der Waals surface area contributed by atoms with Gasteiger partial charge in [0.05, 0.1) is 44.0 Å². The van der Waals surface area contributed by atoms with Crippen molar-refractivity contribution in [3.8, 4) is 11.5 Å². The fraction of sp³-hybridized carbons (Fsp3) is 0.263. The van der Waals surface area contributed by atoms with Gasteiger partial charge in [-0.2, -0.15) is 4.31 Å². The highest BCUT2D eigenvalue weighted by Crippen LogP contribution is 2.33. The summed E-state index contributed by atoms with van der Waals surface area (Å²) in [7, 11) is 1.40. The van der Waals surface area contributed by atoms with Crippen molar-refractivity contribution in [1.82, 2.24) is 4.31 Å². The van der Waals surface area contributed by atoms with Crippen molar-refractivity contribution in [2.24, 2.45) is 0 Å². The van der Waals surface area contributed by atoms with E-state index in [1.807, 2.05) is 0 Å². The Labute approximate surface area is 183 Å². The number of halogens is 1. The Kier molecular flexibility index (Phi) is 7.82. The van der Waals surface area contributed by atoms with Crippen LogP contribution in [0.25, 0.3) is 0 Å². The number of carbonyl (C=O) groups is 2. The topological polar surface area (TPSA) is 111 Å². The third kappa shape index (κ3) is 5.29. The highest BCUT2D eigenvalue weighted by Gasteiger charge is 2.24. The molecule has 30 heavy (non-hydrogen) atoms. The second-order valence-electron chi connectivity index (χ2n) is 6.01. The van der Waals surface area contributed by atoms with Crippen molar-refractivity contribution in [2.75, 3.05) is 40.2 Å². The van der Waals surface area contributed by atoms with Gasteiger partial charge in [0.2, 0.25) is 15.9 Å². The number of esters is 1. The zero-order valence-electron chi connectivity index (χ0n) is 16.8. The smallest absolute Gasteiger partial charge is 0.340 e. The molecule has 0 fully saturated rings. The average molecular weight is 501 g/mol. The predicted molar refractivity (Wildman–Crippen MR) is 113 cm³/mol. The largest absolute Gasteiger partial charge is 0.493 e. The number of benzene rings is 2. The number of amides is 1. The lowest BCUT2D eigenvalue weighted by atomic mass is 10.1. The Morgan fingerprint density at radius 3 is 2.13 bits per heavy atom. The van der Waals surface area contributed by atoms with E-state index in [9.17, 15) is 18.0 Å². The number of carbonyl (C=O) groups excluding carboxylic acids is 2. The quantitative estimate of drug-likeness (QED) is 0.554. The van der Waals surface area contributed by atoms with Crippen LogP contribution in [0.1, 0.15) is 10.4 Å². The van der Waals surface area contributed by atoms with Crippen molar-refractivity contribution in [3.63, 3.8) is 0 Å². The molecule has 11 heteroatoms. The SMILES string of the molecule is COC(=O)c1cc(OC)c(OC)cc1NC(=O)CN(C)S(=O)(=O)c1ccc(Br)cc1. The van der Waals surface area contributed by atoms with Gasteiger partial charge in [-0.05, 0) is 24.3 Å². The third-order valence-corrected chi connectivity index (χ3v) is 6.44. The fourth-order valence-electron chi connectivity index (χ4n) is 2.52. The summed E-state index contributed by atoms with van der Waals surface area (Å²) in [5.41, 5.74) is 0.126. The Hall–Kier alpha value is -2.63. The molecule has 0 bridgehead atoms. The molecule has 0 spiro atoms. The Morgan fingerprint density at radius 1 is 1.03 bits per heavy atom. The van der Waals surface area contributed by atoms with E-state index in [4.69, 9.17) is 14.2 Å². The van der Waals surface area contributed by atoms with Crippen LogP contribution in [0.3, 0.4) is 0 Å². The van der Waals surface area contributed by atoms with E-state index in [0.717, 1.165) is 8.78 Å². The summed E-state index contributed by atoms with van der Waals surface area (Å²) in [5, 5.41) is 2.53. The highest BCUT2D eigenvalue weighted by atomic mass is 79.9. The van der Waals surface area contributed by atoms with Crippen molar-refractivity contribution in [3.05, 3.63) is 46.4 Å². The first kappa shape index (κ1) is 23.6. The Balaban J connectivity index is 2.26. The van der Waals surface area contributed by atoms with E-state index < -0.39 is 28.4 Å². The molecule has 9 nitrogen and oxygen atoms in total. The van der Waals surface area contributed by atoms with Gasteiger partial charge in [-0.1, -0.05) is 15.9 Å². The first-order valence-electron chi connectivity index (χ1n) is 8.50. The molecule has 0 aromatic heterocycles. The number of ether oxygens (including phenoxy) is 3. The second-order valence-corrected chi connectivity index (χ2v) is 8.97. The molecule has 2 aromatic carbocycles. The number of hydrogen-bond donors (Lipinski definition) is 1.